The Bertz CT molecular complexity index is 766. The molecule has 3 heterocycles. The van der Waals surface area contributed by atoms with Gasteiger partial charge in [0.15, 0.2) is 0 Å². The molecule has 0 aromatic carbocycles. The average Bonchev–Trinajstić information content (AvgIpc) is 3.23. The van der Waals surface area contributed by atoms with E-state index in [1.54, 1.807) is 36.6 Å². The van der Waals surface area contributed by atoms with Crippen LogP contribution in [-0.2, 0) is 12.2 Å². The van der Waals surface area contributed by atoms with Crippen molar-refractivity contribution in [1.29, 1.82) is 0 Å². The lowest BCUT2D eigenvalue weighted by atomic mass is 10.2. The quantitative estimate of drug-likeness (QED) is 0.618. The average molecular weight is 331 g/mol. The smallest absolute Gasteiger partial charge is 0.255 e. The third-order valence-electron chi connectivity index (χ3n) is 3.18. The molecular weight excluding hydrogens is 314 g/mol. The SMILES string of the molecule is O=c1[nH]c(NCCSCc2ccco2)ncc1Cc1ccco1. The Labute approximate surface area is 137 Å². The second-order valence-electron chi connectivity index (χ2n) is 4.90. The van der Waals surface area contributed by atoms with E-state index in [1.165, 1.54) is 0 Å². The maximum absolute atomic E-state index is 12.0. The molecule has 3 aromatic rings. The number of rotatable bonds is 8. The van der Waals surface area contributed by atoms with Crippen molar-refractivity contribution in [3.63, 3.8) is 0 Å². The highest BCUT2D eigenvalue weighted by molar-refractivity contribution is 7.98. The van der Waals surface area contributed by atoms with Gasteiger partial charge in [-0.3, -0.25) is 9.78 Å². The molecule has 0 saturated carbocycles. The van der Waals surface area contributed by atoms with Crippen LogP contribution in [0.15, 0.2) is 56.6 Å². The Hall–Kier alpha value is -2.41. The standard InChI is InChI=1S/C16H17N3O3S/c20-15-12(9-13-3-1-6-21-13)10-18-16(19-15)17-5-8-23-11-14-4-2-7-22-14/h1-4,6-7,10H,5,8-9,11H2,(H2,17,18,19,20). The minimum atomic E-state index is -0.151. The molecule has 2 N–H and O–H groups in total. The van der Waals surface area contributed by atoms with Crippen molar-refractivity contribution in [2.24, 2.45) is 0 Å². The first-order valence-corrected chi connectivity index (χ1v) is 8.41. The minimum absolute atomic E-state index is 0.151. The number of hydrogen-bond donors (Lipinski definition) is 2. The Morgan fingerprint density at radius 2 is 1.96 bits per heavy atom. The van der Waals surface area contributed by atoms with E-state index in [1.807, 2.05) is 18.2 Å². The summed E-state index contributed by atoms with van der Waals surface area (Å²) in [4.78, 5) is 19.0. The molecule has 3 rings (SSSR count). The molecule has 0 amide bonds. The number of nitrogens with zero attached hydrogens (tertiary/aromatic N) is 1. The van der Waals surface area contributed by atoms with Gasteiger partial charge < -0.3 is 14.2 Å². The van der Waals surface area contributed by atoms with Gasteiger partial charge in [-0.25, -0.2) is 4.98 Å². The van der Waals surface area contributed by atoms with Gasteiger partial charge in [0.25, 0.3) is 5.56 Å². The van der Waals surface area contributed by atoms with Crippen LogP contribution < -0.4 is 10.9 Å². The van der Waals surface area contributed by atoms with E-state index in [9.17, 15) is 4.79 Å². The number of thioether (sulfide) groups is 1. The zero-order valence-electron chi connectivity index (χ0n) is 12.5. The Balaban J connectivity index is 1.45. The van der Waals surface area contributed by atoms with Gasteiger partial charge in [-0.15, -0.1) is 0 Å². The highest BCUT2D eigenvalue weighted by atomic mass is 32.2. The van der Waals surface area contributed by atoms with E-state index in [0.29, 0.717) is 24.5 Å². The van der Waals surface area contributed by atoms with Gasteiger partial charge in [0.1, 0.15) is 11.5 Å². The molecule has 0 aliphatic rings. The first-order chi connectivity index (χ1) is 11.3. The molecular formula is C16H17N3O3S. The maximum atomic E-state index is 12.0. The molecule has 0 aliphatic carbocycles. The fourth-order valence-electron chi connectivity index (χ4n) is 2.05. The number of anilines is 1. The molecule has 6 nitrogen and oxygen atoms in total. The summed E-state index contributed by atoms with van der Waals surface area (Å²) in [5.41, 5.74) is 0.430. The van der Waals surface area contributed by atoms with Crippen molar-refractivity contribution < 1.29 is 8.83 Å². The highest BCUT2D eigenvalue weighted by Crippen LogP contribution is 2.12. The normalized spacial score (nSPS) is 10.8. The first kappa shape index (κ1) is 15.5. The van der Waals surface area contributed by atoms with Crippen LogP contribution in [-0.4, -0.2) is 22.3 Å². The van der Waals surface area contributed by atoms with Crippen LogP contribution in [0.3, 0.4) is 0 Å². The predicted octanol–water partition coefficient (Wildman–Crippen LogP) is 2.89. The fraction of sp³-hybridized carbons (Fsp3) is 0.250. The lowest BCUT2D eigenvalue weighted by Crippen LogP contribution is -2.18. The summed E-state index contributed by atoms with van der Waals surface area (Å²) in [6.45, 7) is 0.714. The van der Waals surface area contributed by atoms with Gasteiger partial charge in [0.05, 0.1) is 18.3 Å². The number of furan rings is 2. The molecule has 0 unspecified atom stereocenters. The molecule has 0 aliphatic heterocycles. The van der Waals surface area contributed by atoms with Crippen molar-refractivity contribution in [3.05, 3.63) is 70.4 Å². The summed E-state index contributed by atoms with van der Waals surface area (Å²) < 4.78 is 10.5. The maximum Gasteiger partial charge on any atom is 0.255 e. The number of aromatic amines is 1. The van der Waals surface area contributed by atoms with Crippen molar-refractivity contribution in [2.45, 2.75) is 12.2 Å². The molecule has 3 aromatic heterocycles. The summed E-state index contributed by atoms with van der Waals surface area (Å²) in [7, 11) is 0. The van der Waals surface area contributed by atoms with Crippen molar-refractivity contribution in [1.82, 2.24) is 9.97 Å². The lowest BCUT2D eigenvalue weighted by Gasteiger charge is -2.05. The van der Waals surface area contributed by atoms with Crippen LogP contribution in [0.4, 0.5) is 5.95 Å². The second kappa shape index (κ2) is 7.73. The van der Waals surface area contributed by atoms with E-state index >= 15 is 0 Å². The van der Waals surface area contributed by atoms with Gasteiger partial charge >= 0.3 is 0 Å². The van der Waals surface area contributed by atoms with E-state index in [0.717, 1.165) is 23.0 Å². The second-order valence-corrected chi connectivity index (χ2v) is 6.01. The van der Waals surface area contributed by atoms with Crippen molar-refractivity contribution in [3.8, 4) is 0 Å². The third kappa shape index (κ3) is 4.53. The monoisotopic (exact) mass is 331 g/mol. The van der Waals surface area contributed by atoms with Crippen LogP contribution >= 0.6 is 11.8 Å². The topological polar surface area (TPSA) is 84.1 Å². The molecule has 0 fully saturated rings. The van der Waals surface area contributed by atoms with Gasteiger partial charge in [0.2, 0.25) is 5.95 Å². The fourth-order valence-corrected chi connectivity index (χ4v) is 2.80. The van der Waals surface area contributed by atoms with Crippen LogP contribution in [0.5, 0.6) is 0 Å². The zero-order chi connectivity index (χ0) is 15.9. The van der Waals surface area contributed by atoms with E-state index in [-0.39, 0.29) is 5.56 Å². The molecule has 7 heteroatoms. The largest absolute Gasteiger partial charge is 0.469 e. The summed E-state index contributed by atoms with van der Waals surface area (Å²) in [6, 6.07) is 7.47. The number of H-pyrrole nitrogens is 1. The summed E-state index contributed by atoms with van der Waals surface area (Å²) in [5, 5.41) is 3.11. The summed E-state index contributed by atoms with van der Waals surface area (Å²) >= 11 is 1.75. The molecule has 120 valence electrons. The Kier molecular flexibility index (Phi) is 5.21. The van der Waals surface area contributed by atoms with E-state index in [4.69, 9.17) is 8.83 Å². The minimum Gasteiger partial charge on any atom is -0.469 e. The van der Waals surface area contributed by atoms with Crippen molar-refractivity contribution in [2.75, 3.05) is 17.6 Å². The summed E-state index contributed by atoms with van der Waals surface area (Å²) in [5.74, 6) is 3.91. The Morgan fingerprint density at radius 3 is 2.65 bits per heavy atom. The Morgan fingerprint density at radius 1 is 1.17 bits per heavy atom. The first-order valence-electron chi connectivity index (χ1n) is 7.26. The van der Waals surface area contributed by atoms with Crippen LogP contribution in [0.25, 0.3) is 0 Å². The molecule has 0 radical (unpaired) electrons. The number of nitrogens with one attached hydrogen (secondary N) is 2. The van der Waals surface area contributed by atoms with Gasteiger partial charge in [-0.1, -0.05) is 0 Å². The molecule has 0 spiro atoms. The van der Waals surface area contributed by atoms with E-state index < -0.39 is 0 Å². The molecule has 0 atom stereocenters. The lowest BCUT2D eigenvalue weighted by molar-refractivity contribution is 0.520. The van der Waals surface area contributed by atoms with Crippen LogP contribution in [0.1, 0.15) is 17.1 Å². The molecule has 0 saturated heterocycles. The summed E-state index contributed by atoms with van der Waals surface area (Å²) in [6.07, 6.45) is 5.29. The highest BCUT2D eigenvalue weighted by Gasteiger charge is 2.05. The van der Waals surface area contributed by atoms with E-state index in [2.05, 4.69) is 15.3 Å². The predicted molar refractivity (Wildman–Crippen MR) is 89.7 cm³/mol. The molecule has 23 heavy (non-hydrogen) atoms. The van der Waals surface area contributed by atoms with Gasteiger partial charge in [0, 0.05) is 30.5 Å². The van der Waals surface area contributed by atoms with Crippen molar-refractivity contribution >= 4 is 17.7 Å². The van der Waals surface area contributed by atoms with Gasteiger partial charge in [-0.2, -0.15) is 11.8 Å². The number of hydrogen-bond acceptors (Lipinski definition) is 6. The van der Waals surface area contributed by atoms with Gasteiger partial charge in [-0.05, 0) is 24.3 Å². The third-order valence-corrected chi connectivity index (χ3v) is 4.16. The zero-order valence-corrected chi connectivity index (χ0v) is 13.3. The molecule has 0 bridgehead atoms. The number of aromatic nitrogens is 2. The van der Waals surface area contributed by atoms with Crippen LogP contribution in [0, 0.1) is 0 Å². The van der Waals surface area contributed by atoms with Crippen LogP contribution in [0.2, 0.25) is 0 Å².